The molecule has 1 saturated carbocycles. The van der Waals surface area contributed by atoms with E-state index in [0.29, 0.717) is 17.1 Å². The lowest BCUT2D eigenvalue weighted by Gasteiger charge is -2.40. The van der Waals surface area contributed by atoms with Crippen molar-refractivity contribution in [3.63, 3.8) is 0 Å². The number of hydrogen-bond acceptors (Lipinski definition) is 6. The molecule has 0 aromatic heterocycles. The molecule has 0 N–H and O–H groups in total. The summed E-state index contributed by atoms with van der Waals surface area (Å²) in [6.45, 7) is 4.51. The number of carbonyl (C=O) groups excluding carboxylic acids is 1. The molecule has 0 aromatic rings. The van der Waals surface area contributed by atoms with Crippen molar-refractivity contribution in [1.82, 2.24) is 0 Å². The fraction of sp³-hybridized carbons (Fsp3) is 0.833. The Morgan fingerprint density at radius 2 is 2.17 bits per heavy atom. The van der Waals surface area contributed by atoms with Crippen molar-refractivity contribution in [2.45, 2.75) is 42.4 Å². The summed E-state index contributed by atoms with van der Waals surface area (Å²) in [5, 5.41) is 0.422. The summed E-state index contributed by atoms with van der Waals surface area (Å²) in [6.07, 6.45) is 5.55. The molecule has 1 spiro atoms. The van der Waals surface area contributed by atoms with Crippen molar-refractivity contribution in [1.29, 1.82) is 0 Å². The van der Waals surface area contributed by atoms with Crippen LogP contribution in [0.3, 0.4) is 0 Å². The number of thioether (sulfide) groups is 3. The van der Waals surface area contributed by atoms with E-state index in [1.807, 2.05) is 11.8 Å². The molecule has 1 saturated heterocycles. The Morgan fingerprint density at radius 1 is 1.46 bits per heavy atom. The number of esters is 1. The van der Waals surface area contributed by atoms with Crippen LogP contribution in [-0.2, 0) is 9.53 Å². The number of methoxy groups -OCH3 is 1. The highest BCUT2D eigenvalue weighted by Gasteiger charge is 2.63. The summed E-state index contributed by atoms with van der Waals surface area (Å²) in [6, 6.07) is 0. The highest BCUT2D eigenvalue weighted by Crippen LogP contribution is 2.66. The van der Waals surface area contributed by atoms with E-state index in [1.165, 1.54) is 17.1 Å². The minimum absolute atomic E-state index is 0.0320. The third-order valence-corrected chi connectivity index (χ3v) is 11.2. The van der Waals surface area contributed by atoms with E-state index in [-0.39, 0.29) is 15.5 Å². The molecule has 3 rings (SSSR count). The number of allylic oxidation sites excluding steroid dienone is 1. The second kappa shape index (κ2) is 7.69. The van der Waals surface area contributed by atoms with E-state index in [1.54, 1.807) is 7.11 Å². The van der Waals surface area contributed by atoms with E-state index in [9.17, 15) is 4.79 Å². The summed E-state index contributed by atoms with van der Waals surface area (Å²) in [5.41, 5.74) is 1.10. The molecule has 0 amide bonds. The molecule has 2 nitrogen and oxygen atoms in total. The highest BCUT2D eigenvalue weighted by molar-refractivity contribution is 8.21. The zero-order valence-corrected chi connectivity index (χ0v) is 18.1. The topological polar surface area (TPSA) is 26.3 Å². The van der Waals surface area contributed by atoms with Crippen LogP contribution in [0.4, 0.5) is 0 Å². The maximum absolute atomic E-state index is 13.1. The van der Waals surface area contributed by atoms with Gasteiger partial charge in [-0.25, -0.2) is 0 Å². The van der Waals surface area contributed by atoms with Crippen LogP contribution in [0.5, 0.6) is 0 Å². The molecule has 4 atom stereocenters. The van der Waals surface area contributed by atoms with Crippen LogP contribution in [0.2, 0.25) is 0 Å². The van der Waals surface area contributed by atoms with Gasteiger partial charge in [0.25, 0.3) is 0 Å². The van der Waals surface area contributed by atoms with Gasteiger partial charge >= 0.3 is 5.97 Å². The molecule has 136 valence electrons. The average Bonchev–Trinajstić information content (AvgIpc) is 3.23. The van der Waals surface area contributed by atoms with Gasteiger partial charge in [-0.05, 0) is 43.8 Å². The lowest BCUT2D eigenvalue weighted by molar-refractivity contribution is -0.159. The van der Waals surface area contributed by atoms with E-state index >= 15 is 0 Å². The summed E-state index contributed by atoms with van der Waals surface area (Å²) < 4.78 is 5.65. The number of rotatable bonds is 5. The molecular formula is C18H28O2S4. The van der Waals surface area contributed by atoms with Crippen molar-refractivity contribution in [2.24, 2.45) is 17.3 Å². The predicted molar refractivity (Wildman–Crippen MR) is 112 cm³/mol. The smallest absolute Gasteiger partial charge is 0.312 e. The summed E-state index contributed by atoms with van der Waals surface area (Å²) in [4.78, 5) is 13.1. The predicted octanol–water partition coefficient (Wildman–Crippen LogP) is 4.75. The fourth-order valence-corrected chi connectivity index (χ4v) is 10.2. The minimum atomic E-state index is -0.332. The molecule has 1 heterocycles. The molecule has 0 radical (unpaired) electrons. The molecule has 24 heavy (non-hydrogen) atoms. The van der Waals surface area contributed by atoms with Gasteiger partial charge in [-0.3, -0.25) is 4.79 Å². The van der Waals surface area contributed by atoms with Crippen molar-refractivity contribution >= 4 is 53.9 Å². The molecule has 0 bridgehead atoms. The van der Waals surface area contributed by atoms with Gasteiger partial charge in [0.15, 0.2) is 0 Å². The van der Waals surface area contributed by atoms with Gasteiger partial charge in [-0.2, -0.15) is 24.4 Å². The average molecular weight is 405 g/mol. The minimum Gasteiger partial charge on any atom is -0.469 e. The van der Waals surface area contributed by atoms with E-state index in [4.69, 9.17) is 4.74 Å². The third kappa shape index (κ3) is 3.29. The van der Waals surface area contributed by atoms with Crippen molar-refractivity contribution < 1.29 is 9.53 Å². The Kier molecular flexibility index (Phi) is 6.21. The highest BCUT2D eigenvalue weighted by atomic mass is 32.2. The first-order valence-corrected chi connectivity index (χ1v) is 12.4. The normalized spacial score (nSPS) is 37.8. The Bertz CT molecular complexity index is 515. The summed E-state index contributed by atoms with van der Waals surface area (Å²) in [5.74, 6) is 5.14. The Balaban J connectivity index is 1.93. The van der Waals surface area contributed by atoms with Crippen molar-refractivity contribution in [2.75, 3.05) is 30.1 Å². The zero-order valence-electron chi connectivity index (χ0n) is 14.7. The van der Waals surface area contributed by atoms with Gasteiger partial charge in [-0.1, -0.05) is 18.6 Å². The molecule has 1 aliphatic heterocycles. The van der Waals surface area contributed by atoms with E-state index in [2.05, 4.69) is 56.1 Å². The monoisotopic (exact) mass is 404 g/mol. The third-order valence-electron chi connectivity index (χ3n) is 5.89. The second-order valence-electron chi connectivity index (χ2n) is 7.30. The molecular weight excluding hydrogens is 376 g/mol. The summed E-state index contributed by atoms with van der Waals surface area (Å²) >= 11 is 10.5. The quantitative estimate of drug-likeness (QED) is 0.405. The Labute approximate surface area is 164 Å². The van der Waals surface area contributed by atoms with Crippen LogP contribution in [0.15, 0.2) is 11.6 Å². The van der Waals surface area contributed by atoms with Crippen molar-refractivity contribution in [3.05, 3.63) is 11.6 Å². The van der Waals surface area contributed by atoms with E-state index < -0.39 is 0 Å². The SMILES string of the molecule is COC(=O)[C@]1([C@@H]2CC(C)=C[C@H]2SCCS)CC2(C[C@@H]1C)SCCS2. The van der Waals surface area contributed by atoms with Crippen LogP contribution in [0.25, 0.3) is 0 Å². The number of ether oxygens (including phenoxy) is 1. The molecule has 6 heteroatoms. The Hall–Kier alpha value is 0.610. The standard InChI is InChI=1S/C18H28O2S4/c1-12-8-14(15(9-12)22-5-4-21)18(16(19)20-3)11-17(10-13(18)2)23-6-7-24-17/h9,13-15,21H,4-8,10-11H2,1-3H3/t13-,14+,15+,18+/m0/s1. The largest absolute Gasteiger partial charge is 0.469 e. The van der Waals surface area contributed by atoms with Crippen LogP contribution in [-0.4, -0.2) is 45.4 Å². The number of thiol groups is 1. The number of carbonyl (C=O) groups is 1. The first-order chi connectivity index (χ1) is 11.5. The molecule has 0 aromatic carbocycles. The molecule has 2 aliphatic carbocycles. The van der Waals surface area contributed by atoms with Crippen LogP contribution in [0, 0.1) is 17.3 Å². The molecule has 0 unspecified atom stereocenters. The van der Waals surface area contributed by atoms with Crippen molar-refractivity contribution in [3.8, 4) is 0 Å². The lowest BCUT2D eigenvalue weighted by atomic mass is 9.67. The van der Waals surface area contributed by atoms with E-state index in [0.717, 1.165) is 30.8 Å². The Morgan fingerprint density at radius 3 is 2.79 bits per heavy atom. The van der Waals surface area contributed by atoms with Gasteiger partial charge in [0.2, 0.25) is 0 Å². The van der Waals surface area contributed by atoms with Crippen LogP contribution in [0.1, 0.15) is 33.1 Å². The van der Waals surface area contributed by atoms with Crippen LogP contribution < -0.4 is 0 Å². The van der Waals surface area contributed by atoms with Gasteiger partial charge in [0.05, 0.1) is 16.6 Å². The van der Waals surface area contributed by atoms with Gasteiger partial charge in [-0.15, -0.1) is 23.5 Å². The fourth-order valence-electron chi connectivity index (χ4n) is 4.92. The maximum atomic E-state index is 13.1. The van der Waals surface area contributed by atoms with Gasteiger partial charge < -0.3 is 4.74 Å². The second-order valence-corrected chi connectivity index (χ2v) is 12.3. The summed E-state index contributed by atoms with van der Waals surface area (Å²) in [7, 11) is 1.57. The number of hydrogen-bond donors (Lipinski definition) is 1. The zero-order chi connectivity index (χ0) is 17.4. The first-order valence-electron chi connectivity index (χ1n) is 8.73. The lowest BCUT2D eigenvalue weighted by Crippen LogP contribution is -2.45. The molecule has 3 aliphatic rings. The first kappa shape index (κ1) is 19.4. The van der Waals surface area contributed by atoms with Crippen LogP contribution >= 0.6 is 47.9 Å². The maximum Gasteiger partial charge on any atom is 0.312 e. The molecule has 2 fully saturated rings. The van der Waals surface area contributed by atoms with Gasteiger partial charge in [0, 0.05) is 22.5 Å². The van der Waals surface area contributed by atoms with Gasteiger partial charge in [0.1, 0.15) is 0 Å².